The van der Waals surface area contributed by atoms with Crippen molar-refractivity contribution in [3.8, 4) is 0 Å². The molecule has 2 aromatic carbocycles. The SMILES string of the molecule is C[C@H]1[C@H]([Si](C)(C)F)[C@@H](CC(=O)N2CCC[C@H]2CO)O[C@]12C(=O)N(Cc1cccc(NC(=O)[C@H]3O[C@@H](O)[C@H](O)[C@@H](O)[C@@H]3O)c1)c1ccccc12. The van der Waals surface area contributed by atoms with Crippen molar-refractivity contribution in [2.45, 2.75) is 99.8 Å². The molecule has 0 bridgehead atoms. The Bertz CT molecular complexity index is 1590. The lowest BCUT2D eigenvalue weighted by atomic mass is 9.82. The fourth-order valence-electron chi connectivity index (χ4n) is 8.22. The zero-order valence-corrected chi connectivity index (χ0v) is 28.6. The third-order valence-electron chi connectivity index (χ3n) is 10.5. The maximum atomic E-state index is 16.2. The molecule has 3 fully saturated rings. The van der Waals surface area contributed by atoms with Crippen LogP contribution in [0.4, 0.5) is 15.5 Å². The molecule has 13 nitrogen and oxygen atoms in total. The highest BCUT2D eigenvalue weighted by atomic mass is 28.4. The van der Waals surface area contributed by atoms with E-state index in [0.29, 0.717) is 29.8 Å². The van der Waals surface area contributed by atoms with Gasteiger partial charge in [0.05, 0.1) is 37.4 Å². The van der Waals surface area contributed by atoms with Gasteiger partial charge in [-0.3, -0.25) is 14.4 Å². The Morgan fingerprint density at radius 1 is 1.06 bits per heavy atom. The quantitative estimate of drug-likeness (QED) is 0.172. The Balaban J connectivity index is 1.25. The van der Waals surface area contributed by atoms with Crippen LogP contribution in [0.5, 0.6) is 0 Å². The average molecular weight is 702 g/mol. The number of nitrogens with zero attached hydrogens (tertiary/aromatic N) is 2. The molecule has 0 aromatic heterocycles. The smallest absolute Gasteiger partial charge is 0.264 e. The number of hydrogen-bond acceptors (Lipinski definition) is 10. The first-order chi connectivity index (χ1) is 23.2. The number of aliphatic hydroxyl groups excluding tert-OH is 5. The van der Waals surface area contributed by atoms with E-state index in [0.717, 1.165) is 6.42 Å². The maximum absolute atomic E-state index is 16.2. The summed E-state index contributed by atoms with van der Waals surface area (Å²) < 4.78 is 27.9. The summed E-state index contributed by atoms with van der Waals surface area (Å²) in [6.45, 7) is 5.38. The number of hydrogen-bond donors (Lipinski definition) is 6. The molecule has 10 atom stereocenters. The molecular weight excluding hydrogens is 657 g/mol. The number of rotatable bonds is 8. The molecule has 15 heteroatoms. The standard InChI is InChI=1S/C34H44FN3O10Si/c1-18-30(49(2,3)35)24(15-25(40)37-13-7-10-21(37)17-39)48-34(18)22-11-4-5-12-23(22)38(33(34)46)16-19-8-6-9-20(14-19)36-31(44)29-27(42)26(41)28(43)32(45)47-29/h4-6,8-9,11-12,14,18,21,24,26-30,32,39,41-43,45H,7,10,13,15-17H2,1-3H3,(H,36,44)/t18-,21-,24+,26-,27-,28+,29-,30-,32+,34+/m0/s1. The number of anilines is 2. The topological polar surface area (TPSA) is 189 Å². The van der Waals surface area contributed by atoms with Crippen molar-refractivity contribution in [3.05, 3.63) is 59.7 Å². The molecule has 2 aromatic rings. The second kappa shape index (κ2) is 13.4. The minimum Gasteiger partial charge on any atom is -0.394 e. The molecule has 3 amide bonds. The van der Waals surface area contributed by atoms with Crippen LogP contribution in [0.2, 0.25) is 18.6 Å². The van der Waals surface area contributed by atoms with Crippen LogP contribution in [0, 0.1) is 5.92 Å². The van der Waals surface area contributed by atoms with E-state index in [1.165, 1.54) is 0 Å². The Morgan fingerprint density at radius 3 is 2.51 bits per heavy atom. The van der Waals surface area contributed by atoms with Gasteiger partial charge in [-0.05, 0) is 49.7 Å². The van der Waals surface area contributed by atoms with Crippen molar-refractivity contribution in [3.63, 3.8) is 0 Å². The van der Waals surface area contributed by atoms with Gasteiger partial charge >= 0.3 is 0 Å². The lowest BCUT2D eigenvalue weighted by molar-refractivity contribution is -0.274. The van der Waals surface area contributed by atoms with E-state index in [1.54, 1.807) is 71.4 Å². The minimum atomic E-state index is -3.51. The molecule has 6 rings (SSSR count). The van der Waals surface area contributed by atoms with Crippen LogP contribution in [-0.2, 0) is 36.0 Å². The van der Waals surface area contributed by atoms with E-state index in [2.05, 4.69) is 5.32 Å². The lowest BCUT2D eigenvalue weighted by Crippen LogP contribution is -2.60. The highest BCUT2D eigenvalue weighted by molar-refractivity contribution is 6.72. The summed E-state index contributed by atoms with van der Waals surface area (Å²) in [5.41, 5.74) is -0.142. The Labute approximate surface area is 284 Å². The summed E-state index contributed by atoms with van der Waals surface area (Å²) in [6.07, 6.45) is -8.41. The summed E-state index contributed by atoms with van der Waals surface area (Å²) in [6, 6.07) is 13.5. The number of fused-ring (bicyclic) bond motifs is 2. The number of carbonyl (C=O) groups excluding carboxylic acids is 3. The van der Waals surface area contributed by atoms with E-state index in [-0.39, 0.29) is 43.1 Å². The fourth-order valence-corrected chi connectivity index (χ4v) is 10.7. The van der Waals surface area contributed by atoms with Gasteiger partial charge in [-0.25, -0.2) is 0 Å². The molecule has 4 heterocycles. The van der Waals surface area contributed by atoms with Crippen molar-refractivity contribution in [1.29, 1.82) is 0 Å². The van der Waals surface area contributed by atoms with Gasteiger partial charge in [0.15, 0.2) is 18.0 Å². The van der Waals surface area contributed by atoms with Crippen LogP contribution in [0.1, 0.15) is 37.3 Å². The van der Waals surface area contributed by atoms with Crippen LogP contribution < -0.4 is 10.2 Å². The maximum Gasteiger partial charge on any atom is 0.264 e. The fraction of sp³-hybridized carbons (Fsp3) is 0.559. The predicted molar refractivity (Wildman–Crippen MR) is 176 cm³/mol. The van der Waals surface area contributed by atoms with Gasteiger partial charge < -0.3 is 54.2 Å². The molecule has 4 aliphatic heterocycles. The van der Waals surface area contributed by atoms with Crippen molar-refractivity contribution in [2.75, 3.05) is 23.4 Å². The van der Waals surface area contributed by atoms with E-state index in [9.17, 15) is 39.9 Å². The number of likely N-dealkylation sites (tertiary alicyclic amines) is 1. The first-order valence-electron chi connectivity index (χ1n) is 16.6. The monoisotopic (exact) mass is 701 g/mol. The number of nitrogens with one attached hydrogen (secondary N) is 1. The van der Waals surface area contributed by atoms with Crippen molar-refractivity contribution >= 4 is 37.5 Å². The number of carbonyl (C=O) groups is 3. The molecule has 0 radical (unpaired) electrons. The van der Waals surface area contributed by atoms with Gasteiger partial charge in [0.2, 0.25) is 14.3 Å². The van der Waals surface area contributed by atoms with E-state index >= 15 is 4.11 Å². The molecule has 0 aliphatic carbocycles. The van der Waals surface area contributed by atoms with Crippen LogP contribution in [-0.4, -0.2) is 113 Å². The Morgan fingerprint density at radius 2 is 1.80 bits per heavy atom. The molecule has 0 unspecified atom stereocenters. The zero-order chi connectivity index (χ0) is 35.4. The second-order valence-electron chi connectivity index (χ2n) is 14.1. The van der Waals surface area contributed by atoms with E-state index in [4.69, 9.17) is 9.47 Å². The second-order valence-corrected chi connectivity index (χ2v) is 17.9. The summed E-state index contributed by atoms with van der Waals surface area (Å²) in [5, 5.41) is 52.2. The van der Waals surface area contributed by atoms with Gasteiger partial charge in [0.1, 0.15) is 18.3 Å². The zero-order valence-electron chi connectivity index (χ0n) is 27.6. The van der Waals surface area contributed by atoms with Crippen LogP contribution in [0.25, 0.3) is 0 Å². The van der Waals surface area contributed by atoms with Gasteiger partial charge in [-0.15, -0.1) is 0 Å². The molecule has 266 valence electrons. The number of halogens is 1. The molecule has 3 saturated heterocycles. The molecule has 0 saturated carbocycles. The number of aliphatic hydroxyl groups is 5. The summed E-state index contributed by atoms with van der Waals surface area (Å²) in [7, 11) is -3.51. The third kappa shape index (κ3) is 6.20. The molecule has 1 spiro atoms. The number of para-hydroxylation sites is 1. The third-order valence-corrected chi connectivity index (χ3v) is 13.0. The van der Waals surface area contributed by atoms with Crippen LogP contribution in [0.3, 0.4) is 0 Å². The first kappa shape index (κ1) is 35.5. The van der Waals surface area contributed by atoms with E-state index in [1.807, 2.05) is 6.92 Å². The average Bonchev–Trinajstić information content (AvgIpc) is 3.72. The van der Waals surface area contributed by atoms with Gasteiger partial charge in [-0.1, -0.05) is 37.3 Å². The highest BCUT2D eigenvalue weighted by Gasteiger charge is 2.67. The summed E-state index contributed by atoms with van der Waals surface area (Å²) in [5.74, 6) is -2.08. The Hall–Kier alpha value is -3.28. The largest absolute Gasteiger partial charge is 0.394 e. The predicted octanol–water partition coefficient (Wildman–Crippen LogP) is 1.12. The molecule has 4 aliphatic rings. The van der Waals surface area contributed by atoms with Crippen molar-refractivity contribution in [1.82, 2.24) is 4.90 Å². The molecule has 49 heavy (non-hydrogen) atoms. The Kier molecular flexibility index (Phi) is 9.75. The van der Waals surface area contributed by atoms with Gasteiger partial charge in [0.25, 0.3) is 11.8 Å². The highest BCUT2D eigenvalue weighted by Crippen LogP contribution is 2.60. The normalized spacial score (nSPS) is 34.5. The summed E-state index contributed by atoms with van der Waals surface area (Å²) in [4.78, 5) is 44.3. The molecular formula is C34H44FN3O10Si. The minimum absolute atomic E-state index is 0.0558. The summed E-state index contributed by atoms with van der Waals surface area (Å²) >= 11 is 0. The number of amides is 3. The first-order valence-corrected chi connectivity index (χ1v) is 19.6. The molecule has 6 N–H and O–H groups in total. The number of ether oxygens (including phenoxy) is 2. The van der Waals surface area contributed by atoms with Crippen molar-refractivity contribution in [2.24, 2.45) is 5.92 Å². The lowest BCUT2D eigenvalue weighted by Gasteiger charge is -2.37. The van der Waals surface area contributed by atoms with Gasteiger partial charge in [-0.2, -0.15) is 0 Å². The van der Waals surface area contributed by atoms with Gasteiger partial charge in [0, 0.05) is 29.3 Å². The van der Waals surface area contributed by atoms with Crippen LogP contribution in [0.15, 0.2) is 48.5 Å². The van der Waals surface area contributed by atoms with Crippen LogP contribution >= 0.6 is 0 Å². The van der Waals surface area contributed by atoms with Crippen molar-refractivity contribution < 1.29 is 53.5 Å². The van der Waals surface area contributed by atoms with E-state index < -0.39 is 68.2 Å². The number of benzene rings is 2.